The van der Waals surface area contributed by atoms with E-state index in [9.17, 15) is 27.9 Å². The second kappa shape index (κ2) is 8.28. The summed E-state index contributed by atoms with van der Waals surface area (Å²) < 4.78 is 38.1. The number of carboxylic acids is 1. The van der Waals surface area contributed by atoms with Crippen molar-refractivity contribution in [3.63, 3.8) is 0 Å². The molecule has 6 nitrogen and oxygen atoms in total. The molecule has 0 atom stereocenters. The van der Waals surface area contributed by atoms with E-state index in [-0.39, 0.29) is 21.2 Å². The minimum atomic E-state index is -4.45. The summed E-state index contributed by atoms with van der Waals surface area (Å²) in [6.45, 7) is 1.54. The van der Waals surface area contributed by atoms with E-state index in [1.807, 2.05) is 0 Å². The first-order valence-electron chi connectivity index (χ1n) is 8.24. The molecule has 0 fully saturated rings. The van der Waals surface area contributed by atoms with Crippen LogP contribution in [0.4, 0.5) is 13.2 Å². The highest BCUT2D eigenvalue weighted by Gasteiger charge is 2.30. The maximum absolute atomic E-state index is 12.7. The Labute approximate surface area is 175 Å². The summed E-state index contributed by atoms with van der Waals surface area (Å²) in [5.41, 5.74) is 2.49. The average molecular weight is 454 g/mol. The first kappa shape index (κ1) is 21.5. The summed E-state index contributed by atoms with van der Waals surface area (Å²) in [5.74, 6) is -1.91. The van der Waals surface area contributed by atoms with Crippen molar-refractivity contribution in [2.75, 3.05) is 0 Å². The fourth-order valence-electron chi connectivity index (χ4n) is 2.45. The largest absolute Gasteiger partial charge is 0.506 e. The summed E-state index contributed by atoms with van der Waals surface area (Å²) in [6, 6.07) is 7.06. The molecule has 11 heteroatoms. The number of rotatable bonds is 5. The molecule has 0 aliphatic carbocycles. The highest BCUT2D eigenvalue weighted by molar-refractivity contribution is 7.15. The van der Waals surface area contributed by atoms with Crippen molar-refractivity contribution in [2.24, 2.45) is 5.10 Å². The van der Waals surface area contributed by atoms with Crippen molar-refractivity contribution in [3.8, 4) is 16.2 Å². The summed E-state index contributed by atoms with van der Waals surface area (Å²) in [5, 5.41) is 24.8. The molecule has 0 aliphatic heterocycles. The van der Waals surface area contributed by atoms with Gasteiger partial charge in [0.15, 0.2) is 0 Å². The van der Waals surface area contributed by atoms with Gasteiger partial charge in [0.05, 0.1) is 26.6 Å². The minimum Gasteiger partial charge on any atom is -0.506 e. The maximum atomic E-state index is 12.7. The number of hydrogen-bond acceptors (Lipinski definition) is 6. The summed E-state index contributed by atoms with van der Waals surface area (Å²) >= 11 is 1.92. The monoisotopic (exact) mass is 454 g/mol. The van der Waals surface area contributed by atoms with Crippen LogP contribution in [-0.2, 0) is 6.18 Å². The van der Waals surface area contributed by atoms with Gasteiger partial charge in [-0.1, -0.05) is 12.1 Å². The summed E-state index contributed by atoms with van der Waals surface area (Å²) in [7, 11) is 0. The van der Waals surface area contributed by atoms with E-state index in [0.29, 0.717) is 16.0 Å². The second-order valence-electron chi connectivity index (χ2n) is 6.01. The van der Waals surface area contributed by atoms with Gasteiger partial charge in [-0.2, -0.15) is 18.3 Å². The Hall–Kier alpha value is -3.18. The van der Waals surface area contributed by atoms with E-state index < -0.39 is 23.6 Å². The van der Waals surface area contributed by atoms with Crippen LogP contribution in [0.15, 0.2) is 46.9 Å². The smallest absolute Gasteiger partial charge is 0.416 e. The zero-order valence-electron chi connectivity index (χ0n) is 15.1. The Bertz CT molecular complexity index is 1130. The van der Waals surface area contributed by atoms with Crippen molar-refractivity contribution in [2.45, 2.75) is 13.1 Å². The number of thiophene rings is 2. The van der Waals surface area contributed by atoms with Gasteiger partial charge >= 0.3 is 12.1 Å². The molecular formula is C19H13F3N2O4S2. The summed E-state index contributed by atoms with van der Waals surface area (Å²) in [4.78, 5) is 23.5. The van der Waals surface area contributed by atoms with Crippen molar-refractivity contribution >= 4 is 40.3 Å². The number of hydrogen-bond donors (Lipinski definition) is 3. The molecule has 0 radical (unpaired) electrons. The first-order valence-corrected chi connectivity index (χ1v) is 9.93. The molecule has 0 spiro atoms. The van der Waals surface area contributed by atoms with E-state index >= 15 is 0 Å². The molecule has 1 aromatic carbocycles. The number of nitrogens with zero attached hydrogens (tertiary/aromatic N) is 1. The predicted octanol–water partition coefficient (Wildman–Crippen LogP) is 5.05. The zero-order chi connectivity index (χ0) is 22.1. The third kappa shape index (κ3) is 4.52. The number of aromatic hydroxyl groups is 1. The van der Waals surface area contributed by atoms with Gasteiger partial charge in [-0.15, -0.1) is 22.7 Å². The van der Waals surface area contributed by atoms with Crippen molar-refractivity contribution < 1.29 is 33.0 Å². The van der Waals surface area contributed by atoms with Gasteiger partial charge in [0.1, 0.15) is 10.6 Å². The van der Waals surface area contributed by atoms with Crippen LogP contribution in [0.1, 0.15) is 37.4 Å². The van der Waals surface area contributed by atoms with Crippen molar-refractivity contribution in [1.82, 2.24) is 5.43 Å². The van der Waals surface area contributed by atoms with E-state index in [2.05, 4.69) is 10.5 Å². The third-order valence-corrected chi connectivity index (χ3v) is 6.09. The Morgan fingerprint density at radius 3 is 2.27 bits per heavy atom. The molecule has 0 saturated heterocycles. The lowest BCUT2D eigenvalue weighted by molar-refractivity contribution is -0.137. The molecule has 1 amide bonds. The number of benzene rings is 1. The summed E-state index contributed by atoms with van der Waals surface area (Å²) in [6.07, 6.45) is -4.45. The van der Waals surface area contributed by atoms with Gasteiger partial charge in [-0.25, -0.2) is 10.2 Å². The Morgan fingerprint density at radius 1 is 1.07 bits per heavy atom. The van der Waals surface area contributed by atoms with Crippen LogP contribution in [0.2, 0.25) is 0 Å². The highest BCUT2D eigenvalue weighted by Crippen LogP contribution is 2.40. The van der Waals surface area contributed by atoms with Crippen molar-refractivity contribution in [3.05, 3.63) is 62.7 Å². The molecule has 0 bridgehead atoms. The number of alkyl halides is 3. The molecule has 30 heavy (non-hydrogen) atoms. The molecule has 3 aromatic rings. The molecule has 3 rings (SSSR count). The lowest BCUT2D eigenvalue weighted by atomic mass is 10.1. The van der Waals surface area contributed by atoms with Gasteiger partial charge in [0.2, 0.25) is 0 Å². The number of nitrogens with one attached hydrogen (secondary N) is 1. The average Bonchev–Trinajstić information content (AvgIpc) is 3.32. The number of amides is 1. The van der Waals surface area contributed by atoms with E-state index in [1.54, 1.807) is 5.38 Å². The van der Waals surface area contributed by atoms with E-state index in [1.165, 1.54) is 31.2 Å². The van der Waals surface area contributed by atoms with Crippen molar-refractivity contribution in [1.29, 1.82) is 0 Å². The third-order valence-electron chi connectivity index (χ3n) is 3.99. The number of hydrazone groups is 1. The molecular weight excluding hydrogens is 441 g/mol. The second-order valence-corrected chi connectivity index (χ2v) is 7.97. The van der Waals surface area contributed by atoms with Gasteiger partial charge in [0.25, 0.3) is 5.91 Å². The van der Waals surface area contributed by atoms with Crippen LogP contribution in [-0.4, -0.2) is 27.8 Å². The van der Waals surface area contributed by atoms with Gasteiger partial charge in [-0.05, 0) is 36.8 Å². The fraction of sp³-hybridized carbons (Fsp3) is 0.105. The number of halogens is 3. The Kier molecular flexibility index (Phi) is 5.94. The number of carbonyl (C=O) groups excluding carboxylic acids is 1. The number of aromatic carboxylic acids is 1. The lowest BCUT2D eigenvalue weighted by Gasteiger charge is -2.07. The van der Waals surface area contributed by atoms with Crippen LogP contribution in [0.25, 0.3) is 10.4 Å². The number of carbonyl (C=O) groups is 2. The molecule has 3 N–H and O–H groups in total. The topological polar surface area (TPSA) is 99.0 Å². The molecule has 0 saturated carbocycles. The molecule has 2 aromatic heterocycles. The highest BCUT2D eigenvalue weighted by atomic mass is 32.1. The normalized spacial score (nSPS) is 12.1. The Balaban J connectivity index is 1.77. The standard InChI is InChI=1S/C19H13F3N2O4S2/c1-9(23-24-17(26)13-6-7-14(30-13)18(27)28)12-8-29-16(15(12)25)10-2-4-11(5-3-10)19(20,21)22/h2-8,25H,1H3,(H,24,26)(H,27,28). The van der Waals surface area contributed by atoms with E-state index in [4.69, 9.17) is 5.11 Å². The van der Waals surface area contributed by atoms with Crippen LogP contribution in [0.3, 0.4) is 0 Å². The lowest BCUT2D eigenvalue weighted by Crippen LogP contribution is -2.18. The first-order chi connectivity index (χ1) is 14.1. The fourth-order valence-corrected chi connectivity index (χ4v) is 4.19. The molecule has 0 aliphatic rings. The zero-order valence-corrected chi connectivity index (χ0v) is 16.8. The van der Waals surface area contributed by atoms with Gasteiger partial charge in [-0.3, -0.25) is 4.79 Å². The van der Waals surface area contributed by atoms with Crippen LogP contribution in [0, 0.1) is 0 Å². The van der Waals surface area contributed by atoms with Gasteiger partial charge in [0, 0.05) is 5.38 Å². The predicted molar refractivity (Wildman–Crippen MR) is 107 cm³/mol. The molecule has 156 valence electrons. The van der Waals surface area contributed by atoms with Crippen LogP contribution < -0.4 is 5.43 Å². The maximum Gasteiger partial charge on any atom is 0.416 e. The van der Waals surface area contributed by atoms with Crippen LogP contribution in [0.5, 0.6) is 5.75 Å². The van der Waals surface area contributed by atoms with Gasteiger partial charge < -0.3 is 10.2 Å². The molecule has 2 heterocycles. The SMILES string of the molecule is CC(=NNC(=O)c1ccc(C(=O)O)s1)c1csc(-c2ccc(C(F)(F)F)cc2)c1O. The number of carboxylic acid groups (broad SMARTS) is 1. The minimum absolute atomic E-state index is 0.0116. The molecule has 0 unspecified atom stereocenters. The quantitative estimate of drug-likeness (QED) is 0.371. The Morgan fingerprint density at radius 2 is 1.70 bits per heavy atom. The van der Waals surface area contributed by atoms with E-state index in [0.717, 1.165) is 34.8 Å². The van der Waals surface area contributed by atoms with Crippen LogP contribution >= 0.6 is 22.7 Å².